The van der Waals surface area contributed by atoms with Crippen molar-refractivity contribution in [3.8, 4) is 17.2 Å². The molecule has 0 unspecified atom stereocenters. The van der Waals surface area contributed by atoms with E-state index < -0.39 is 23.6 Å². The average molecular weight is 598 g/mol. The number of allylic oxidation sites excluding steroid dienone is 3. The monoisotopic (exact) mass is 597 g/mol. The van der Waals surface area contributed by atoms with Gasteiger partial charge in [-0.05, 0) is 68.9 Å². The van der Waals surface area contributed by atoms with Crippen LogP contribution in [0.15, 0.2) is 46.2 Å². The molecule has 5 aliphatic rings. The Morgan fingerprint density at radius 1 is 1.23 bits per heavy atom. The number of ketones is 1. The lowest BCUT2D eigenvalue weighted by Gasteiger charge is -2.37. The Labute approximate surface area is 254 Å². The number of hydrogen-bond donors (Lipinski definition) is 1. The highest BCUT2D eigenvalue weighted by Gasteiger charge is 2.51. The number of carbonyl (C=O) groups excluding carboxylic acids is 3. The molecule has 2 aromatic rings. The van der Waals surface area contributed by atoms with E-state index in [0.29, 0.717) is 60.5 Å². The Hall–Kier alpha value is -4.24. The van der Waals surface area contributed by atoms with Crippen molar-refractivity contribution in [2.45, 2.75) is 75.9 Å². The van der Waals surface area contributed by atoms with Crippen molar-refractivity contribution < 1.29 is 38.4 Å². The smallest absolute Gasteiger partial charge is 0.375 e. The summed E-state index contributed by atoms with van der Waals surface area (Å²) >= 11 is 0. The molecule has 0 saturated heterocycles. The number of aldehydes is 1. The van der Waals surface area contributed by atoms with Gasteiger partial charge in [0.25, 0.3) is 0 Å². The molecule has 2 aromatic carbocycles. The van der Waals surface area contributed by atoms with Crippen molar-refractivity contribution in [3.63, 3.8) is 0 Å². The third-order valence-corrected chi connectivity index (χ3v) is 9.70. The first-order valence-corrected chi connectivity index (χ1v) is 15.3. The van der Waals surface area contributed by atoms with Crippen LogP contribution in [0.1, 0.15) is 80.9 Å². The van der Waals surface area contributed by atoms with Gasteiger partial charge in [-0.15, -0.1) is 0 Å². The maximum atomic E-state index is 13.4. The molecule has 0 amide bonds. The van der Waals surface area contributed by atoms with Crippen molar-refractivity contribution in [1.29, 1.82) is 0 Å². The van der Waals surface area contributed by atoms with E-state index in [-0.39, 0.29) is 36.1 Å². The van der Waals surface area contributed by atoms with E-state index in [1.54, 1.807) is 27.0 Å². The Balaban J connectivity index is 1.43. The number of methoxy groups -OCH3 is 1. The zero-order valence-corrected chi connectivity index (χ0v) is 25.1. The van der Waals surface area contributed by atoms with E-state index in [1.165, 1.54) is 0 Å². The van der Waals surface area contributed by atoms with E-state index in [1.807, 2.05) is 24.3 Å². The molecule has 4 atom stereocenters. The quantitative estimate of drug-likeness (QED) is 0.410. The topological polar surface area (TPSA) is 121 Å². The van der Waals surface area contributed by atoms with Crippen LogP contribution >= 0.6 is 0 Å². The van der Waals surface area contributed by atoms with Crippen LogP contribution in [-0.4, -0.2) is 55.1 Å². The van der Waals surface area contributed by atoms with Crippen LogP contribution in [0.3, 0.4) is 0 Å². The second-order valence-corrected chi connectivity index (χ2v) is 12.3. The van der Waals surface area contributed by atoms with Crippen molar-refractivity contribution >= 4 is 29.7 Å². The first kappa shape index (κ1) is 28.5. The standard InChI is InChI=1S/C35H35NO8/c1-4-42-34(39)31-23(17-37)28(20-8-10-25(38)22(15-20)18-7-9-24-19(14-18)11-13-36-24)30-27(43-31)16-26-29(32(30)41-3)21-6-5-12-35(2,40)33(21)44-26/h7,9,11,14,16-17,21-22,33,40H,4-6,8,10,12-13,15H2,1-3H3/b28-20-/t21-,22+,33+,35-/m1/s1. The number of ether oxygens (including phenoxy) is 4. The van der Waals surface area contributed by atoms with Gasteiger partial charge in [-0.25, -0.2) is 4.79 Å². The average Bonchev–Trinajstić information content (AvgIpc) is 3.64. The Kier molecular flexibility index (Phi) is 6.96. The van der Waals surface area contributed by atoms with Crippen LogP contribution in [-0.2, 0) is 19.1 Å². The molecule has 0 spiro atoms. The van der Waals surface area contributed by atoms with Gasteiger partial charge in [0.1, 0.15) is 29.1 Å². The highest BCUT2D eigenvalue weighted by molar-refractivity contribution is 6.10. The molecule has 9 heteroatoms. The fourth-order valence-corrected chi connectivity index (χ4v) is 7.68. The molecule has 7 rings (SSSR count). The van der Waals surface area contributed by atoms with Gasteiger partial charge in [-0.3, -0.25) is 14.6 Å². The van der Waals surface area contributed by atoms with Gasteiger partial charge in [0.2, 0.25) is 5.76 Å². The Morgan fingerprint density at radius 3 is 2.84 bits per heavy atom. The molecular weight excluding hydrogens is 562 g/mol. The lowest BCUT2D eigenvalue weighted by Crippen LogP contribution is -2.47. The maximum absolute atomic E-state index is 13.4. The van der Waals surface area contributed by atoms with Gasteiger partial charge < -0.3 is 24.1 Å². The number of benzene rings is 2. The number of hydrogen-bond acceptors (Lipinski definition) is 9. The van der Waals surface area contributed by atoms with Gasteiger partial charge in [0.05, 0.1) is 42.4 Å². The van der Waals surface area contributed by atoms with Gasteiger partial charge >= 0.3 is 5.97 Å². The van der Waals surface area contributed by atoms with E-state index in [9.17, 15) is 19.5 Å². The third-order valence-electron chi connectivity index (χ3n) is 9.70. The molecule has 0 aromatic heterocycles. The zero-order chi connectivity index (χ0) is 30.7. The van der Waals surface area contributed by atoms with Gasteiger partial charge in [0, 0.05) is 35.5 Å². The predicted octanol–water partition coefficient (Wildman–Crippen LogP) is 3.59. The summed E-state index contributed by atoms with van der Waals surface area (Å²) in [6.45, 7) is 4.20. The molecule has 0 radical (unpaired) electrons. The van der Waals surface area contributed by atoms with Gasteiger partial charge in [-0.2, -0.15) is 0 Å². The van der Waals surface area contributed by atoms with Crippen molar-refractivity contribution in [3.05, 3.63) is 68.4 Å². The van der Waals surface area contributed by atoms with Crippen LogP contribution in [0.2, 0.25) is 0 Å². The molecule has 2 aliphatic carbocycles. The van der Waals surface area contributed by atoms with Crippen LogP contribution < -0.4 is 24.8 Å². The summed E-state index contributed by atoms with van der Waals surface area (Å²) in [7, 11) is 1.57. The van der Waals surface area contributed by atoms with Crippen molar-refractivity contribution in [2.24, 2.45) is 4.99 Å². The second-order valence-electron chi connectivity index (χ2n) is 12.3. The second kappa shape index (κ2) is 10.7. The Morgan fingerprint density at radius 2 is 2.07 bits per heavy atom. The summed E-state index contributed by atoms with van der Waals surface area (Å²) < 4.78 is 23.9. The maximum Gasteiger partial charge on any atom is 0.375 e. The van der Waals surface area contributed by atoms with E-state index in [2.05, 4.69) is 4.99 Å². The van der Waals surface area contributed by atoms with Crippen LogP contribution in [0.25, 0.3) is 11.6 Å². The molecule has 228 valence electrons. The molecule has 2 fully saturated rings. The summed E-state index contributed by atoms with van der Waals surface area (Å²) in [4.78, 5) is 43.9. The van der Waals surface area contributed by atoms with Crippen LogP contribution in [0.4, 0.5) is 0 Å². The fraction of sp³-hybridized carbons (Fsp3) is 0.429. The third kappa shape index (κ3) is 4.39. The van der Waals surface area contributed by atoms with Crippen LogP contribution in [0, 0.1) is 0 Å². The molecule has 0 bridgehead atoms. The molecule has 44 heavy (non-hydrogen) atoms. The van der Waals surface area contributed by atoms with Crippen molar-refractivity contribution in [2.75, 3.05) is 20.3 Å². The minimum Gasteiger partial charge on any atom is -0.496 e. The highest BCUT2D eigenvalue weighted by Crippen LogP contribution is 2.59. The highest BCUT2D eigenvalue weighted by atomic mass is 16.6. The SMILES string of the molecule is CCOC(=O)C1=C(C=O)/C(=C2\CCC(=O)[C@H](c3ccc4c(c3)=CCN=4)C2)c2c(cc3c(c2OC)[C@H]2CCC[C@@](C)(O)[C@H]2O3)O1. The molecular formula is C35H35NO8. The number of carbonyl (C=O) groups is 3. The zero-order valence-electron chi connectivity index (χ0n) is 25.1. The summed E-state index contributed by atoms with van der Waals surface area (Å²) in [5.41, 5.74) is 2.72. The normalized spacial score (nSPS) is 28.4. The van der Waals surface area contributed by atoms with E-state index in [0.717, 1.165) is 40.1 Å². The summed E-state index contributed by atoms with van der Waals surface area (Å²) in [5.74, 6) is -0.0507. The number of aliphatic hydroxyl groups is 1. The Bertz CT molecular complexity index is 1800. The molecule has 3 heterocycles. The lowest BCUT2D eigenvalue weighted by atomic mass is 9.73. The summed E-state index contributed by atoms with van der Waals surface area (Å²) in [6, 6.07) is 7.66. The first-order chi connectivity index (χ1) is 21.2. The van der Waals surface area contributed by atoms with Crippen molar-refractivity contribution in [1.82, 2.24) is 0 Å². The van der Waals surface area contributed by atoms with E-state index in [4.69, 9.17) is 18.9 Å². The lowest BCUT2D eigenvalue weighted by molar-refractivity contribution is -0.141. The minimum atomic E-state index is -1.03. The fourth-order valence-electron chi connectivity index (χ4n) is 7.68. The van der Waals surface area contributed by atoms with Crippen LogP contribution in [0.5, 0.6) is 17.2 Å². The minimum absolute atomic E-state index is 0.0736. The molecule has 1 N–H and O–H groups in total. The summed E-state index contributed by atoms with van der Waals surface area (Å²) in [6.07, 6.45) is 5.52. The molecule has 2 saturated carbocycles. The van der Waals surface area contributed by atoms with Gasteiger partial charge in [-0.1, -0.05) is 17.7 Å². The number of Topliss-reactive ketones (excluding diaryl/α,β-unsaturated/α-hetero) is 1. The predicted molar refractivity (Wildman–Crippen MR) is 160 cm³/mol. The number of nitrogens with zero attached hydrogens (tertiary/aromatic N) is 1. The molecule has 3 aliphatic heterocycles. The molecule has 9 nitrogen and oxygen atoms in total. The number of fused-ring (bicyclic) bond motifs is 5. The summed E-state index contributed by atoms with van der Waals surface area (Å²) in [5, 5.41) is 13.1. The van der Waals surface area contributed by atoms with Gasteiger partial charge in [0.15, 0.2) is 6.29 Å². The van der Waals surface area contributed by atoms with E-state index >= 15 is 0 Å². The first-order valence-electron chi connectivity index (χ1n) is 15.3. The largest absolute Gasteiger partial charge is 0.496 e. The number of rotatable bonds is 5. The number of esters is 1.